The first-order valence-corrected chi connectivity index (χ1v) is 8.76. The molecule has 23 heavy (non-hydrogen) atoms. The monoisotopic (exact) mass is 332 g/mol. The van der Waals surface area contributed by atoms with Crippen molar-refractivity contribution in [2.75, 3.05) is 18.8 Å². The van der Waals surface area contributed by atoms with Crippen LogP contribution in [-0.2, 0) is 0 Å². The van der Waals surface area contributed by atoms with Crippen LogP contribution in [0.1, 0.15) is 30.9 Å². The first-order chi connectivity index (χ1) is 11.3. The first kappa shape index (κ1) is 15.8. The molecule has 0 spiro atoms. The summed E-state index contributed by atoms with van der Waals surface area (Å²) in [6, 6.07) is 4.10. The summed E-state index contributed by atoms with van der Waals surface area (Å²) in [7, 11) is 0. The van der Waals surface area contributed by atoms with Crippen LogP contribution < -0.4 is 5.32 Å². The molecule has 0 aliphatic carbocycles. The van der Waals surface area contributed by atoms with Gasteiger partial charge in [-0.05, 0) is 30.9 Å². The smallest absolute Gasteiger partial charge is 0.317 e. The van der Waals surface area contributed by atoms with Crippen molar-refractivity contribution in [1.82, 2.24) is 30.6 Å². The largest absolute Gasteiger partial charge is 0.337 e. The molecule has 2 aromatic heterocycles. The van der Waals surface area contributed by atoms with Gasteiger partial charge in [-0.2, -0.15) is 10.3 Å². The zero-order valence-corrected chi connectivity index (χ0v) is 13.6. The molecule has 3 heterocycles. The molecule has 2 N–H and O–H groups in total. The molecular weight excluding hydrogens is 312 g/mol. The van der Waals surface area contributed by atoms with E-state index in [9.17, 15) is 4.79 Å². The number of urea groups is 1. The molecule has 7 nitrogen and oxygen atoms in total. The average Bonchev–Trinajstić information content (AvgIpc) is 3.13. The summed E-state index contributed by atoms with van der Waals surface area (Å²) in [5, 5.41) is 14.1. The Hall–Kier alpha value is -2.09. The maximum atomic E-state index is 12.5. The first-order valence-electron chi connectivity index (χ1n) is 7.77. The van der Waals surface area contributed by atoms with Gasteiger partial charge in [-0.25, -0.2) is 4.79 Å². The second-order valence-electron chi connectivity index (χ2n) is 5.38. The van der Waals surface area contributed by atoms with Crippen molar-refractivity contribution in [1.29, 1.82) is 0 Å². The summed E-state index contributed by atoms with van der Waals surface area (Å²) >= 11 is 1.56. The van der Waals surface area contributed by atoms with Crippen molar-refractivity contribution < 1.29 is 4.79 Å². The number of amides is 2. The molecule has 8 heteroatoms. The van der Waals surface area contributed by atoms with Gasteiger partial charge in [0.25, 0.3) is 0 Å². The van der Waals surface area contributed by atoms with Gasteiger partial charge in [0, 0.05) is 31.2 Å². The Balaban J connectivity index is 1.52. The van der Waals surface area contributed by atoms with Crippen molar-refractivity contribution in [2.24, 2.45) is 0 Å². The van der Waals surface area contributed by atoms with Crippen molar-refractivity contribution in [3.05, 3.63) is 36.3 Å². The summed E-state index contributed by atoms with van der Waals surface area (Å²) in [6.45, 7) is 1.40. The number of rotatable bonds is 5. The second kappa shape index (κ2) is 7.96. The number of nitrogens with zero attached hydrogens (tertiary/aromatic N) is 4. The van der Waals surface area contributed by atoms with Crippen molar-refractivity contribution in [3.63, 3.8) is 0 Å². The predicted octanol–water partition coefficient (Wildman–Crippen LogP) is 2.23. The number of carbonyl (C=O) groups is 1. The minimum Gasteiger partial charge on any atom is -0.337 e. The number of hydrogen-bond donors (Lipinski definition) is 2. The zero-order chi connectivity index (χ0) is 15.9. The summed E-state index contributed by atoms with van der Waals surface area (Å²) in [4.78, 5) is 18.6. The summed E-state index contributed by atoms with van der Waals surface area (Å²) in [5.41, 5.74) is 1.11. The van der Waals surface area contributed by atoms with Gasteiger partial charge in [0.2, 0.25) is 0 Å². The molecule has 1 atom stereocenters. The van der Waals surface area contributed by atoms with E-state index in [4.69, 9.17) is 0 Å². The third-order valence-electron chi connectivity index (χ3n) is 3.85. The van der Waals surface area contributed by atoms with Gasteiger partial charge in [0.15, 0.2) is 0 Å². The van der Waals surface area contributed by atoms with Gasteiger partial charge < -0.3 is 10.2 Å². The van der Waals surface area contributed by atoms with E-state index in [1.54, 1.807) is 24.2 Å². The van der Waals surface area contributed by atoms with Gasteiger partial charge in [0.05, 0.1) is 12.2 Å². The number of likely N-dealkylation sites (tertiary alicyclic amines) is 1. The fourth-order valence-corrected chi connectivity index (χ4v) is 3.42. The van der Waals surface area contributed by atoms with E-state index in [0.717, 1.165) is 42.1 Å². The van der Waals surface area contributed by atoms with E-state index in [1.165, 1.54) is 0 Å². The van der Waals surface area contributed by atoms with E-state index >= 15 is 0 Å². The van der Waals surface area contributed by atoms with Gasteiger partial charge in [0.1, 0.15) is 5.03 Å². The van der Waals surface area contributed by atoms with Gasteiger partial charge >= 0.3 is 6.03 Å². The number of pyridine rings is 1. The fourth-order valence-electron chi connectivity index (χ4n) is 2.77. The molecule has 2 aromatic rings. The Bertz CT molecular complexity index is 606. The lowest BCUT2D eigenvalue weighted by Gasteiger charge is -2.35. The molecule has 2 amide bonds. The summed E-state index contributed by atoms with van der Waals surface area (Å²) in [6.07, 6.45) is 8.49. The number of hydrogen-bond acceptors (Lipinski definition) is 5. The molecule has 1 aliphatic rings. The molecule has 0 saturated carbocycles. The Labute approximate surface area is 139 Å². The summed E-state index contributed by atoms with van der Waals surface area (Å²) < 4.78 is 0. The molecular formula is C15H20N6OS. The molecule has 1 saturated heterocycles. The van der Waals surface area contributed by atoms with Crippen LogP contribution in [0.25, 0.3) is 0 Å². The highest BCUT2D eigenvalue weighted by atomic mass is 32.2. The number of piperidine rings is 1. The Kier molecular flexibility index (Phi) is 5.46. The number of nitrogens with one attached hydrogen (secondary N) is 2. The maximum Gasteiger partial charge on any atom is 0.317 e. The highest BCUT2D eigenvalue weighted by molar-refractivity contribution is 7.99. The Morgan fingerprint density at radius 3 is 3.17 bits per heavy atom. The van der Waals surface area contributed by atoms with E-state index in [2.05, 4.69) is 25.7 Å². The molecule has 0 aromatic carbocycles. The number of H-pyrrole nitrogens is 1. The van der Waals surface area contributed by atoms with Crippen LogP contribution >= 0.6 is 11.8 Å². The molecule has 0 radical (unpaired) electrons. The van der Waals surface area contributed by atoms with Gasteiger partial charge in [-0.1, -0.05) is 6.07 Å². The minimum absolute atomic E-state index is 0.000643. The fraction of sp³-hybridized carbons (Fsp3) is 0.467. The molecule has 1 fully saturated rings. The number of aromatic nitrogens is 4. The quantitative estimate of drug-likeness (QED) is 0.648. The Morgan fingerprint density at radius 2 is 2.39 bits per heavy atom. The lowest BCUT2D eigenvalue weighted by atomic mass is 9.97. The molecule has 0 bridgehead atoms. The van der Waals surface area contributed by atoms with E-state index in [-0.39, 0.29) is 12.1 Å². The van der Waals surface area contributed by atoms with Crippen LogP contribution in [0.4, 0.5) is 4.79 Å². The number of thioether (sulfide) groups is 1. The highest BCUT2D eigenvalue weighted by Crippen LogP contribution is 2.30. The Morgan fingerprint density at radius 1 is 1.43 bits per heavy atom. The topological polar surface area (TPSA) is 86.8 Å². The average molecular weight is 332 g/mol. The lowest BCUT2D eigenvalue weighted by molar-refractivity contribution is 0.152. The van der Waals surface area contributed by atoms with Crippen molar-refractivity contribution in [3.8, 4) is 0 Å². The maximum absolute atomic E-state index is 12.5. The normalized spacial score (nSPS) is 17.9. The van der Waals surface area contributed by atoms with Gasteiger partial charge in [-0.3, -0.25) is 4.98 Å². The summed E-state index contributed by atoms with van der Waals surface area (Å²) in [5.74, 6) is 0.768. The van der Waals surface area contributed by atoms with Crippen molar-refractivity contribution >= 4 is 17.8 Å². The van der Waals surface area contributed by atoms with Crippen LogP contribution in [0.15, 0.2) is 35.7 Å². The van der Waals surface area contributed by atoms with E-state index < -0.39 is 0 Å². The predicted molar refractivity (Wildman–Crippen MR) is 88.0 cm³/mol. The molecule has 3 rings (SSSR count). The van der Waals surface area contributed by atoms with Crippen LogP contribution in [0.5, 0.6) is 0 Å². The van der Waals surface area contributed by atoms with Crippen LogP contribution in [0.3, 0.4) is 0 Å². The highest BCUT2D eigenvalue weighted by Gasteiger charge is 2.27. The molecule has 0 unspecified atom stereocenters. The molecule has 122 valence electrons. The molecule has 1 aliphatic heterocycles. The van der Waals surface area contributed by atoms with Crippen LogP contribution in [0, 0.1) is 0 Å². The second-order valence-corrected chi connectivity index (χ2v) is 6.50. The van der Waals surface area contributed by atoms with Crippen molar-refractivity contribution in [2.45, 2.75) is 30.3 Å². The van der Waals surface area contributed by atoms with E-state index in [0.29, 0.717) is 6.54 Å². The van der Waals surface area contributed by atoms with E-state index in [1.807, 2.05) is 23.2 Å². The zero-order valence-electron chi connectivity index (χ0n) is 12.8. The number of aromatic amines is 1. The van der Waals surface area contributed by atoms with Crippen LogP contribution in [0.2, 0.25) is 0 Å². The minimum atomic E-state index is -0.000643. The third-order valence-corrected chi connectivity index (χ3v) is 4.75. The number of carbonyl (C=O) groups excluding carboxylic acids is 1. The third kappa shape index (κ3) is 4.22. The van der Waals surface area contributed by atoms with Crippen LogP contribution in [-0.4, -0.2) is 50.2 Å². The SMILES string of the molecule is O=C(NCCSc1cn[nH]n1)N1CCCC[C@H]1c1cccnc1. The lowest BCUT2D eigenvalue weighted by Crippen LogP contribution is -2.45. The van der Waals surface area contributed by atoms with Gasteiger partial charge in [-0.15, -0.1) is 16.9 Å². The standard InChI is InChI=1S/C15H20N6OS/c22-15(17-7-9-23-14-11-18-20-19-14)21-8-2-1-5-13(21)12-4-3-6-16-10-12/h3-4,6,10-11,13H,1-2,5,7-9H2,(H,17,22)(H,18,19,20)/t13-/m0/s1.